The highest BCUT2D eigenvalue weighted by atomic mass is 16.5. The normalized spacial score (nSPS) is 19.2. The minimum absolute atomic E-state index is 0.199. The number of hydrogen-bond acceptors (Lipinski definition) is 4. The third-order valence-electron chi connectivity index (χ3n) is 2.98. The average molecular weight is 266 g/mol. The first-order valence-electron chi connectivity index (χ1n) is 6.23. The predicted octanol–water partition coefficient (Wildman–Crippen LogP) is -0.426. The molecule has 1 atom stereocenters. The van der Waals surface area contributed by atoms with Crippen molar-refractivity contribution in [3.63, 3.8) is 0 Å². The molecule has 7 heteroatoms. The van der Waals surface area contributed by atoms with Gasteiger partial charge in [0.15, 0.2) is 0 Å². The summed E-state index contributed by atoms with van der Waals surface area (Å²) in [5, 5.41) is 2.71. The summed E-state index contributed by atoms with van der Waals surface area (Å²) < 4.78 is 5.28. The summed E-state index contributed by atoms with van der Waals surface area (Å²) in [4.78, 5) is 28.6. The van der Waals surface area contributed by atoms with Gasteiger partial charge < -0.3 is 25.7 Å². The van der Waals surface area contributed by atoms with Crippen molar-refractivity contribution in [2.45, 2.75) is 13.0 Å². The minimum atomic E-state index is -0.592. The maximum absolute atomic E-state index is 12.3. The number of H-pyrrole nitrogens is 1. The van der Waals surface area contributed by atoms with Crippen LogP contribution in [0.1, 0.15) is 17.4 Å². The Hall–Kier alpha value is -2.02. The standard InChI is InChI=1S/C12H18N4O3/c1-2-14-11(17)10-7-19-4-3-16(10)12(18)9-5-8(13)6-15-9/h5-6,10,15H,2-4,7,13H2,1H3,(H,14,17). The molecule has 2 rings (SSSR count). The Morgan fingerprint density at radius 1 is 1.63 bits per heavy atom. The molecule has 1 aromatic rings. The summed E-state index contributed by atoms with van der Waals surface area (Å²) in [6, 6.07) is 0.970. The van der Waals surface area contributed by atoms with Gasteiger partial charge in [0, 0.05) is 25.0 Å². The van der Waals surface area contributed by atoms with Gasteiger partial charge in [-0.1, -0.05) is 0 Å². The number of amides is 2. The molecule has 0 bridgehead atoms. The molecular weight excluding hydrogens is 248 g/mol. The Bertz CT molecular complexity index is 471. The first-order valence-corrected chi connectivity index (χ1v) is 6.23. The van der Waals surface area contributed by atoms with E-state index in [4.69, 9.17) is 10.5 Å². The molecular formula is C12H18N4O3. The van der Waals surface area contributed by atoms with Gasteiger partial charge in [0.25, 0.3) is 5.91 Å². The summed E-state index contributed by atoms with van der Waals surface area (Å²) >= 11 is 0. The molecule has 1 fully saturated rings. The van der Waals surface area contributed by atoms with Gasteiger partial charge in [-0.25, -0.2) is 0 Å². The molecule has 1 aliphatic heterocycles. The summed E-state index contributed by atoms with van der Waals surface area (Å²) in [5.41, 5.74) is 6.46. The number of hydrogen-bond donors (Lipinski definition) is 3. The number of nitrogen functional groups attached to an aromatic ring is 1. The molecule has 0 spiro atoms. The first kappa shape index (κ1) is 13.4. The van der Waals surface area contributed by atoms with Gasteiger partial charge in [-0.15, -0.1) is 0 Å². The van der Waals surface area contributed by atoms with Gasteiger partial charge in [-0.05, 0) is 13.0 Å². The Labute approximate surface area is 111 Å². The predicted molar refractivity (Wildman–Crippen MR) is 69.5 cm³/mol. The minimum Gasteiger partial charge on any atom is -0.397 e. The number of morpholine rings is 1. The maximum atomic E-state index is 12.3. The lowest BCUT2D eigenvalue weighted by Gasteiger charge is -2.34. The fraction of sp³-hybridized carbons (Fsp3) is 0.500. The van der Waals surface area contributed by atoms with Crippen molar-refractivity contribution >= 4 is 17.5 Å². The van der Waals surface area contributed by atoms with Crippen LogP contribution in [0.25, 0.3) is 0 Å². The lowest BCUT2D eigenvalue weighted by atomic mass is 10.2. The number of ether oxygens (including phenoxy) is 1. The zero-order chi connectivity index (χ0) is 13.8. The van der Waals surface area contributed by atoms with E-state index in [0.717, 1.165) is 0 Å². The largest absolute Gasteiger partial charge is 0.397 e. The van der Waals surface area contributed by atoms with Crippen LogP contribution in [0, 0.1) is 0 Å². The summed E-state index contributed by atoms with van der Waals surface area (Å²) in [7, 11) is 0. The van der Waals surface area contributed by atoms with Crippen LogP contribution in [0.4, 0.5) is 5.69 Å². The van der Waals surface area contributed by atoms with E-state index >= 15 is 0 Å². The topological polar surface area (TPSA) is 100 Å². The fourth-order valence-corrected chi connectivity index (χ4v) is 2.05. The molecule has 4 N–H and O–H groups in total. The number of carbonyl (C=O) groups excluding carboxylic acids is 2. The van der Waals surface area contributed by atoms with Crippen LogP contribution < -0.4 is 11.1 Å². The second kappa shape index (κ2) is 5.75. The van der Waals surface area contributed by atoms with Crippen molar-refractivity contribution < 1.29 is 14.3 Å². The highest BCUT2D eigenvalue weighted by molar-refractivity contribution is 5.97. The van der Waals surface area contributed by atoms with Crippen molar-refractivity contribution in [1.29, 1.82) is 0 Å². The molecule has 1 saturated heterocycles. The van der Waals surface area contributed by atoms with E-state index in [2.05, 4.69) is 10.3 Å². The highest BCUT2D eigenvalue weighted by Gasteiger charge is 2.33. The van der Waals surface area contributed by atoms with Crippen LogP contribution in [0.2, 0.25) is 0 Å². The van der Waals surface area contributed by atoms with Crippen LogP contribution in [-0.2, 0) is 9.53 Å². The second-order valence-electron chi connectivity index (χ2n) is 4.33. The number of anilines is 1. The SMILES string of the molecule is CCNC(=O)C1COCCN1C(=O)c1cc(N)c[nH]1. The third-order valence-corrected chi connectivity index (χ3v) is 2.98. The Kier molecular flexibility index (Phi) is 4.06. The molecule has 1 aromatic heterocycles. The van der Waals surface area contributed by atoms with Crippen LogP contribution in [0.3, 0.4) is 0 Å². The smallest absolute Gasteiger partial charge is 0.271 e. The number of carbonyl (C=O) groups is 2. The Balaban J connectivity index is 2.15. The van der Waals surface area contributed by atoms with Crippen LogP contribution >= 0.6 is 0 Å². The van der Waals surface area contributed by atoms with Crippen molar-refractivity contribution in [3.05, 3.63) is 18.0 Å². The lowest BCUT2D eigenvalue weighted by molar-refractivity contribution is -0.130. The van der Waals surface area contributed by atoms with Crippen molar-refractivity contribution in [2.24, 2.45) is 0 Å². The quantitative estimate of drug-likeness (QED) is 0.691. The maximum Gasteiger partial charge on any atom is 0.271 e. The molecule has 0 saturated carbocycles. The highest BCUT2D eigenvalue weighted by Crippen LogP contribution is 2.14. The molecule has 0 radical (unpaired) electrons. The Morgan fingerprint density at radius 3 is 3.05 bits per heavy atom. The zero-order valence-corrected chi connectivity index (χ0v) is 10.8. The van der Waals surface area contributed by atoms with E-state index in [1.807, 2.05) is 6.92 Å². The van der Waals surface area contributed by atoms with E-state index in [-0.39, 0.29) is 18.4 Å². The monoisotopic (exact) mass is 266 g/mol. The summed E-state index contributed by atoms with van der Waals surface area (Å²) in [6.45, 7) is 3.39. The van der Waals surface area contributed by atoms with Gasteiger partial charge in [0.1, 0.15) is 11.7 Å². The molecule has 2 heterocycles. The number of nitrogens with zero attached hydrogens (tertiary/aromatic N) is 1. The van der Waals surface area contributed by atoms with Crippen molar-refractivity contribution in [1.82, 2.24) is 15.2 Å². The molecule has 104 valence electrons. The molecule has 7 nitrogen and oxygen atoms in total. The number of nitrogens with two attached hydrogens (primary N) is 1. The molecule has 0 aliphatic carbocycles. The summed E-state index contributed by atoms with van der Waals surface area (Å²) in [6.07, 6.45) is 1.55. The molecule has 19 heavy (non-hydrogen) atoms. The average Bonchev–Trinajstić information content (AvgIpc) is 2.85. The van der Waals surface area contributed by atoms with Gasteiger partial charge in [0.05, 0.1) is 13.2 Å². The summed E-state index contributed by atoms with van der Waals surface area (Å²) in [5.74, 6) is -0.439. The fourth-order valence-electron chi connectivity index (χ4n) is 2.05. The molecule has 0 aromatic carbocycles. The van der Waals surface area contributed by atoms with Gasteiger partial charge >= 0.3 is 0 Å². The van der Waals surface area contributed by atoms with Crippen LogP contribution in [-0.4, -0.2) is 54.0 Å². The number of nitrogens with one attached hydrogen (secondary N) is 2. The van der Waals surface area contributed by atoms with Crippen LogP contribution in [0.5, 0.6) is 0 Å². The van der Waals surface area contributed by atoms with E-state index in [1.165, 1.54) is 4.90 Å². The third kappa shape index (κ3) is 2.87. The number of likely N-dealkylation sites (N-methyl/N-ethyl adjacent to an activating group) is 1. The van der Waals surface area contributed by atoms with Gasteiger partial charge in [-0.3, -0.25) is 9.59 Å². The van der Waals surface area contributed by atoms with Crippen LogP contribution in [0.15, 0.2) is 12.3 Å². The molecule has 1 aliphatic rings. The number of aromatic amines is 1. The van der Waals surface area contributed by atoms with E-state index < -0.39 is 6.04 Å². The van der Waals surface area contributed by atoms with Gasteiger partial charge in [0.2, 0.25) is 5.91 Å². The zero-order valence-electron chi connectivity index (χ0n) is 10.8. The van der Waals surface area contributed by atoms with Crippen molar-refractivity contribution in [3.8, 4) is 0 Å². The Morgan fingerprint density at radius 2 is 2.42 bits per heavy atom. The van der Waals surface area contributed by atoms with Crippen molar-refractivity contribution in [2.75, 3.05) is 32.0 Å². The van der Waals surface area contributed by atoms with E-state index in [1.54, 1.807) is 12.3 Å². The first-order chi connectivity index (χ1) is 9.13. The van der Waals surface area contributed by atoms with Gasteiger partial charge in [-0.2, -0.15) is 0 Å². The molecule has 2 amide bonds. The number of rotatable bonds is 3. The molecule has 1 unspecified atom stereocenters. The van der Waals surface area contributed by atoms with E-state index in [0.29, 0.717) is 31.1 Å². The lowest BCUT2D eigenvalue weighted by Crippen LogP contribution is -2.55. The second-order valence-corrected chi connectivity index (χ2v) is 4.33. The van der Waals surface area contributed by atoms with E-state index in [9.17, 15) is 9.59 Å². The number of aromatic nitrogens is 1.